The molecule has 0 aromatic heterocycles. The summed E-state index contributed by atoms with van der Waals surface area (Å²) in [4.78, 5) is 1.44. The monoisotopic (exact) mass is 226 g/mol. The molecule has 0 radical (unpaired) electrons. The zero-order valence-electron chi connectivity index (χ0n) is 9.56. The number of benzene rings is 1. The van der Waals surface area contributed by atoms with Crippen molar-refractivity contribution in [2.24, 2.45) is 0 Å². The summed E-state index contributed by atoms with van der Waals surface area (Å²) >= 11 is 0. The highest BCUT2D eigenvalue weighted by Crippen LogP contribution is 2.28. The molecule has 1 fully saturated rings. The number of rotatable bonds is 3. The Hall–Kier alpha value is -1.32. The van der Waals surface area contributed by atoms with Crippen molar-refractivity contribution in [2.75, 3.05) is 24.3 Å². The maximum atomic E-state index is 13.6. The Kier molecular flexibility index (Phi) is 2.99. The Balaban J connectivity index is 2.21. The van der Waals surface area contributed by atoms with Gasteiger partial charge in [0.05, 0.1) is 0 Å². The first-order valence-electron chi connectivity index (χ1n) is 5.51. The molecule has 0 bridgehead atoms. The Morgan fingerprint density at radius 1 is 1.19 bits per heavy atom. The van der Waals surface area contributed by atoms with E-state index < -0.39 is 11.6 Å². The lowest BCUT2D eigenvalue weighted by Gasteiger charge is -2.28. The van der Waals surface area contributed by atoms with Crippen LogP contribution in [-0.2, 0) is 0 Å². The van der Waals surface area contributed by atoms with E-state index in [-0.39, 0.29) is 5.69 Å². The van der Waals surface area contributed by atoms with Gasteiger partial charge in [-0.1, -0.05) is 0 Å². The van der Waals surface area contributed by atoms with E-state index in [4.69, 9.17) is 0 Å². The third kappa shape index (κ3) is 2.10. The summed E-state index contributed by atoms with van der Waals surface area (Å²) in [6.07, 6.45) is 3.36. The Morgan fingerprint density at radius 3 is 2.12 bits per heavy atom. The summed E-state index contributed by atoms with van der Waals surface area (Å²) in [6.45, 7) is 0. The van der Waals surface area contributed by atoms with E-state index in [1.54, 1.807) is 14.1 Å². The number of nitrogens with one attached hydrogen (secondary N) is 1. The van der Waals surface area contributed by atoms with Gasteiger partial charge in [-0.25, -0.2) is 8.78 Å². The highest BCUT2D eigenvalue weighted by molar-refractivity contribution is 5.57. The molecule has 1 aromatic rings. The van der Waals surface area contributed by atoms with Gasteiger partial charge in [0.1, 0.15) is 5.69 Å². The van der Waals surface area contributed by atoms with Crippen LogP contribution >= 0.6 is 0 Å². The van der Waals surface area contributed by atoms with Crippen molar-refractivity contribution in [3.63, 3.8) is 0 Å². The summed E-state index contributed by atoms with van der Waals surface area (Å²) in [5.74, 6) is -1.04. The van der Waals surface area contributed by atoms with Crippen LogP contribution in [0.1, 0.15) is 19.3 Å². The Labute approximate surface area is 94.3 Å². The van der Waals surface area contributed by atoms with Crippen molar-refractivity contribution in [1.29, 1.82) is 0 Å². The molecule has 0 unspecified atom stereocenters. The molecule has 16 heavy (non-hydrogen) atoms. The molecule has 1 aromatic carbocycles. The number of halogens is 2. The van der Waals surface area contributed by atoms with Crippen LogP contribution in [0.3, 0.4) is 0 Å². The molecule has 2 rings (SSSR count). The highest BCUT2D eigenvalue weighted by atomic mass is 19.1. The average molecular weight is 226 g/mol. The second kappa shape index (κ2) is 4.28. The van der Waals surface area contributed by atoms with E-state index in [2.05, 4.69) is 5.32 Å². The van der Waals surface area contributed by atoms with Gasteiger partial charge in [0.2, 0.25) is 0 Å². The second-order valence-electron chi connectivity index (χ2n) is 4.46. The standard InChI is InChI=1S/C12H16F2N2/c1-16(2)12-10(13)6-9(7-11(12)14)15-8-4-3-5-8/h6-8,15H,3-5H2,1-2H3. The van der Waals surface area contributed by atoms with Gasteiger partial charge < -0.3 is 10.2 Å². The van der Waals surface area contributed by atoms with Gasteiger partial charge in [0.15, 0.2) is 11.6 Å². The van der Waals surface area contributed by atoms with E-state index >= 15 is 0 Å². The zero-order chi connectivity index (χ0) is 11.7. The van der Waals surface area contributed by atoms with Crippen molar-refractivity contribution in [3.05, 3.63) is 23.8 Å². The third-order valence-corrected chi connectivity index (χ3v) is 2.94. The fourth-order valence-corrected chi connectivity index (χ4v) is 1.86. The van der Waals surface area contributed by atoms with E-state index in [0.717, 1.165) is 12.8 Å². The smallest absolute Gasteiger partial charge is 0.151 e. The predicted octanol–water partition coefficient (Wildman–Crippen LogP) is 3.00. The van der Waals surface area contributed by atoms with E-state index in [0.29, 0.717) is 11.7 Å². The number of hydrogen-bond acceptors (Lipinski definition) is 2. The molecule has 0 spiro atoms. The van der Waals surface area contributed by atoms with Crippen LogP contribution in [0, 0.1) is 11.6 Å². The molecule has 1 aliphatic carbocycles. The topological polar surface area (TPSA) is 15.3 Å². The molecule has 1 saturated carbocycles. The fourth-order valence-electron chi connectivity index (χ4n) is 1.86. The van der Waals surface area contributed by atoms with Crippen LogP contribution in [0.15, 0.2) is 12.1 Å². The third-order valence-electron chi connectivity index (χ3n) is 2.94. The van der Waals surface area contributed by atoms with Gasteiger partial charge in [-0.2, -0.15) is 0 Å². The summed E-state index contributed by atoms with van der Waals surface area (Å²) < 4.78 is 27.2. The minimum Gasteiger partial charge on any atom is -0.382 e. The predicted molar refractivity (Wildman–Crippen MR) is 61.9 cm³/mol. The van der Waals surface area contributed by atoms with Crippen LogP contribution in [0.4, 0.5) is 20.2 Å². The lowest BCUT2D eigenvalue weighted by molar-refractivity contribution is 0.445. The lowest BCUT2D eigenvalue weighted by atomic mass is 9.93. The average Bonchev–Trinajstić information content (AvgIpc) is 2.09. The Bertz CT molecular complexity index is 364. The maximum Gasteiger partial charge on any atom is 0.151 e. The number of anilines is 2. The SMILES string of the molecule is CN(C)c1c(F)cc(NC2CCC2)cc1F. The number of nitrogens with zero attached hydrogens (tertiary/aromatic N) is 1. The molecule has 1 aliphatic rings. The first-order chi connectivity index (χ1) is 7.58. The fraction of sp³-hybridized carbons (Fsp3) is 0.500. The van der Waals surface area contributed by atoms with Gasteiger partial charge in [-0.05, 0) is 31.4 Å². The van der Waals surface area contributed by atoms with Crippen LogP contribution in [0.5, 0.6) is 0 Å². The minimum absolute atomic E-state index is 0.0131. The largest absolute Gasteiger partial charge is 0.382 e. The summed E-state index contributed by atoms with van der Waals surface area (Å²) in [5.41, 5.74) is 0.546. The highest BCUT2D eigenvalue weighted by Gasteiger charge is 2.19. The maximum absolute atomic E-state index is 13.6. The molecular weight excluding hydrogens is 210 g/mol. The van der Waals surface area contributed by atoms with Crippen LogP contribution < -0.4 is 10.2 Å². The van der Waals surface area contributed by atoms with E-state index in [9.17, 15) is 8.78 Å². The molecule has 0 amide bonds. The molecule has 0 saturated heterocycles. The summed E-state index contributed by atoms with van der Waals surface area (Å²) in [7, 11) is 3.25. The molecule has 2 nitrogen and oxygen atoms in total. The van der Waals surface area contributed by atoms with Crippen molar-refractivity contribution in [2.45, 2.75) is 25.3 Å². The summed E-state index contributed by atoms with van der Waals surface area (Å²) in [6, 6.07) is 3.09. The van der Waals surface area contributed by atoms with Gasteiger partial charge in [-0.3, -0.25) is 0 Å². The summed E-state index contributed by atoms with van der Waals surface area (Å²) in [5, 5.41) is 3.13. The van der Waals surface area contributed by atoms with Crippen molar-refractivity contribution in [3.8, 4) is 0 Å². The second-order valence-corrected chi connectivity index (χ2v) is 4.46. The molecule has 88 valence electrons. The van der Waals surface area contributed by atoms with Gasteiger partial charge in [0, 0.05) is 25.8 Å². The van der Waals surface area contributed by atoms with E-state index in [1.165, 1.54) is 23.5 Å². The van der Waals surface area contributed by atoms with Crippen LogP contribution in [-0.4, -0.2) is 20.1 Å². The molecule has 4 heteroatoms. The number of hydrogen-bond donors (Lipinski definition) is 1. The first kappa shape index (κ1) is 11.2. The quantitative estimate of drug-likeness (QED) is 0.852. The lowest BCUT2D eigenvalue weighted by Crippen LogP contribution is -2.27. The molecule has 0 aliphatic heterocycles. The normalized spacial score (nSPS) is 15.8. The molecule has 0 atom stereocenters. The zero-order valence-corrected chi connectivity index (χ0v) is 9.56. The van der Waals surface area contributed by atoms with Crippen molar-refractivity contribution >= 4 is 11.4 Å². The molecule has 0 heterocycles. The first-order valence-corrected chi connectivity index (χ1v) is 5.51. The van der Waals surface area contributed by atoms with Crippen molar-refractivity contribution < 1.29 is 8.78 Å². The van der Waals surface area contributed by atoms with Gasteiger partial charge in [-0.15, -0.1) is 0 Å². The van der Waals surface area contributed by atoms with Gasteiger partial charge in [0.25, 0.3) is 0 Å². The van der Waals surface area contributed by atoms with Crippen molar-refractivity contribution in [1.82, 2.24) is 0 Å². The van der Waals surface area contributed by atoms with Crippen LogP contribution in [0.25, 0.3) is 0 Å². The minimum atomic E-state index is -0.521. The Morgan fingerprint density at radius 2 is 1.75 bits per heavy atom. The van der Waals surface area contributed by atoms with Gasteiger partial charge >= 0.3 is 0 Å². The van der Waals surface area contributed by atoms with E-state index in [1.807, 2.05) is 0 Å². The molecule has 1 N–H and O–H groups in total. The molecular formula is C12H16F2N2. The van der Waals surface area contributed by atoms with Crippen LogP contribution in [0.2, 0.25) is 0 Å².